The van der Waals surface area contributed by atoms with E-state index in [0.717, 1.165) is 35.1 Å². The second-order valence-electron chi connectivity index (χ2n) is 5.38. The van der Waals surface area contributed by atoms with Crippen molar-refractivity contribution in [3.8, 4) is 5.69 Å². The molecule has 0 fully saturated rings. The molecule has 3 aromatic rings. The van der Waals surface area contributed by atoms with Gasteiger partial charge in [-0.15, -0.1) is 0 Å². The molecule has 2 heterocycles. The maximum atomic E-state index is 6.35. The molecule has 0 saturated heterocycles. The number of allylic oxidation sites excluding steroid dienone is 2. The van der Waals surface area contributed by atoms with E-state index >= 15 is 0 Å². The number of benzene rings is 1. The van der Waals surface area contributed by atoms with Gasteiger partial charge in [-0.25, -0.2) is 9.97 Å². The predicted molar refractivity (Wildman–Crippen MR) is 90.7 cm³/mol. The van der Waals surface area contributed by atoms with Gasteiger partial charge in [0.1, 0.15) is 17.1 Å². The van der Waals surface area contributed by atoms with Gasteiger partial charge in [0.2, 0.25) is 0 Å². The fraction of sp³-hybridized carbons (Fsp3) is 0.176. The van der Waals surface area contributed by atoms with Gasteiger partial charge in [-0.2, -0.15) is 0 Å². The molecule has 0 amide bonds. The summed E-state index contributed by atoms with van der Waals surface area (Å²) in [7, 11) is 0. The first kappa shape index (κ1) is 13.8. The Bertz CT molecular complexity index is 896. The van der Waals surface area contributed by atoms with Crippen molar-refractivity contribution in [1.82, 2.24) is 14.5 Å². The number of aromatic nitrogens is 3. The van der Waals surface area contributed by atoms with Crippen LogP contribution in [0.25, 0.3) is 22.3 Å². The highest BCUT2D eigenvalue weighted by molar-refractivity contribution is 6.34. The van der Waals surface area contributed by atoms with E-state index in [1.54, 1.807) is 0 Å². The fourth-order valence-electron chi connectivity index (χ4n) is 3.01. The lowest BCUT2D eigenvalue weighted by Gasteiger charge is -2.04. The molecule has 0 bridgehead atoms. The van der Waals surface area contributed by atoms with Crippen molar-refractivity contribution >= 4 is 39.8 Å². The van der Waals surface area contributed by atoms with Crippen LogP contribution >= 0.6 is 23.2 Å². The molecule has 1 aliphatic carbocycles. The largest absolute Gasteiger partial charge is 0.301 e. The standard InChI is InChI=1S/C17H13Cl2N3/c18-12-6-3-7-13(8-12)22-9-14(11-4-1-2-5-11)15-16(19)20-10-21-17(15)22/h3-4,6-10H,1-2,5H2. The Balaban J connectivity index is 2.02. The van der Waals surface area contributed by atoms with Gasteiger partial charge in [0, 0.05) is 22.5 Å². The quantitative estimate of drug-likeness (QED) is 0.597. The summed E-state index contributed by atoms with van der Waals surface area (Å²) in [5.41, 5.74) is 4.22. The van der Waals surface area contributed by atoms with Crippen molar-refractivity contribution in [3.63, 3.8) is 0 Å². The van der Waals surface area contributed by atoms with Crippen LogP contribution in [0.3, 0.4) is 0 Å². The van der Waals surface area contributed by atoms with Crippen LogP contribution in [0.4, 0.5) is 0 Å². The lowest BCUT2D eigenvalue weighted by Crippen LogP contribution is -1.94. The van der Waals surface area contributed by atoms with E-state index in [2.05, 4.69) is 22.2 Å². The number of hydrogen-bond donors (Lipinski definition) is 0. The highest BCUT2D eigenvalue weighted by Gasteiger charge is 2.19. The smallest absolute Gasteiger partial charge is 0.150 e. The summed E-state index contributed by atoms with van der Waals surface area (Å²) in [4.78, 5) is 8.59. The second kappa shape index (κ2) is 5.41. The average molecular weight is 330 g/mol. The van der Waals surface area contributed by atoms with Gasteiger partial charge in [-0.05, 0) is 43.0 Å². The SMILES string of the molecule is Clc1cccc(-n2cc(C3=CCCC3)c3c(Cl)ncnc32)c1. The van der Waals surface area contributed by atoms with Crippen LogP contribution in [0.2, 0.25) is 10.2 Å². The molecule has 0 radical (unpaired) electrons. The predicted octanol–water partition coefficient (Wildman–Crippen LogP) is 5.29. The van der Waals surface area contributed by atoms with Gasteiger partial charge < -0.3 is 4.57 Å². The van der Waals surface area contributed by atoms with E-state index in [1.807, 2.05) is 28.8 Å². The van der Waals surface area contributed by atoms with Crippen LogP contribution in [0, 0.1) is 0 Å². The summed E-state index contributed by atoms with van der Waals surface area (Å²) in [5.74, 6) is 0. The van der Waals surface area contributed by atoms with Gasteiger partial charge in [0.05, 0.1) is 5.39 Å². The molecule has 1 aromatic carbocycles. The summed E-state index contributed by atoms with van der Waals surface area (Å²) in [6, 6.07) is 7.72. The van der Waals surface area contributed by atoms with Crippen molar-refractivity contribution < 1.29 is 0 Å². The monoisotopic (exact) mass is 329 g/mol. The van der Waals surface area contributed by atoms with E-state index in [0.29, 0.717) is 10.2 Å². The van der Waals surface area contributed by atoms with Crippen LogP contribution in [0.5, 0.6) is 0 Å². The molecule has 0 spiro atoms. The van der Waals surface area contributed by atoms with Crippen molar-refractivity contribution in [3.05, 3.63) is 58.6 Å². The third-order valence-electron chi connectivity index (χ3n) is 4.01. The summed E-state index contributed by atoms with van der Waals surface area (Å²) in [6.07, 6.45) is 9.24. The van der Waals surface area contributed by atoms with Crippen molar-refractivity contribution in [2.45, 2.75) is 19.3 Å². The van der Waals surface area contributed by atoms with Gasteiger partial charge in [0.15, 0.2) is 0 Å². The number of hydrogen-bond acceptors (Lipinski definition) is 2. The van der Waals surface area contributed by atoms with Gasteiger partial charge >= 0.3 is 0 Å². The van der Waals surface area contributed by atoms with Crippen molar-refractivity contribution in [1.29, 1.82) is 0 Å². The summed E-state index contributed by atoms with van der Waals surface area (Å²) in [5, 5.41) is 2.10. The van der Waals surface area contributed by atoms with E-state index in [-0.39, 0.29) is 0 Å². The summed E-state index contributed by atoms with van der Waals surface area (Å²) in [6.45, 7) is 0. The molecule has 0 N–H and O–H groups in total. The maximum Gasteiger partial charge on any atom is 0.150 e. The zero-order chi connectivity index (χ0) is 15.1. The molecule has 4 rings (SSSR count). The summed E-state index contributed by atoms with van der Waals surface area (Å²) >= 11 is 12.5. The number of halogens is 2. The van der Waals surface area contributed by atoms with E-state index < -0.39 is 0 Å². The number of nitrogens with zero attached hydrogens (tertiary/aromatic N) is 3. The normalized spacial score (nSPS) is 14.5. The van der Waals surface area contributed by atoms with Crippen molar-refractivity contribution in [2.24, 2.45) is 0 Å². The van der Waals surface area contributed by atoms with Crippen LogP contribution < -0.4 is 0 Å². The minimum Gasteiger partial charge on any atom is -0.301 e. The third kappa shape index (κ3) is 2.21. The van der Waals surface area contributed by atoms with Gasteiger partial charge in [-0.1, -0.05) is 35.3 Å². The van der Waals surface area contributed by atoms with Crippen LogP contribution in [-0.4, -0.2) is 14.5 Å². The Morgan fingerprint density at radius 3 is 2.82 bits per heavy atom. The second-order valence-corrected chi connectivity index (χ2v) is 6.17. The molecule has 0 saturated carbocycles. The molecule has 0 aliphatic heterocycles. The molecular weight excluding hydrogens is 317 g/mol. The van der Waals surface area contributed by atoms with E-state index in [4.69, 9.17) is 23.2 Å². The summed E-state index contributed by atoms with van der Waals surface area (Å²) < 4.78 is 2.03. The van der Waals surface area contributed by atoms with E-state index in [9.17, 15) is 0 Å². The Morgan fingerprint density at radius 1 is 1.14 bits per heavy atom. The minimum absolute atomic E-state index is 0.494. The lowest BCUT2D eigenvalue weighted by atomic mass is 10.1. The zero-order valence-electron chi connectivity index (χ0n) is 11.8. The Kier molecular flexibility index (Phi) is 3.40. The zero-order valence-corrected chi connectivity index (χ0v) is 13.3. The average Bonchev–Trinajstić information content (AvgIpc) is 3.15. The molecule has 1 aliphatic rings. The highest BCUT2D eigenvalue weighted by atomic mass is 35.5. The molecule has 5 heteroatoms. The topological polar surface area (TPSA) is 30.7 Å². The molecule has 3 nitrogen and oxygen atoms in total. The maximum absolute atomic E-state index is 6.35. The lowest BCUT2D eigenvalue weighted by molar-refractivity contribution is 0.935. The Morgan fingerprint density at radius 2 is 2.05 bits per heavy atom. The fourth-order valence-corrected chi connectivity index (χ4v) is 3.42. The molecule has 0 atom stereocenters. The Hall–Kier alpha value is -1.84. The Labute approximate surface area is 138 Å². The minimum atomic E-state index is 0.494. The first-order chi connectivity index (χ1) is 10.7. The van der Waals surface area contributed by atoms with Crippen LogP contribution in [0.1, 0.15) is 24.8 Å². The number of fused-ring (bicyclic) bond motifs is 1. The van der Waals surface area contributed by atoms with Crippen LogP contribution in [-0.2, 0) is 0 Å². The molecule has 2 aromatic heterocycles. The highest BCUT2D eigenvalue weighted by Crippen LogP contribution is 2.37. The van der Waals surface area contributed by atoms with E-state index in [1.165, 1.54) is 18.3 Å². The number of rotatable bonds is 2. The van der Waals surface area contributed by atoms with Crippen molar-refractivity contribution in [2.75, 3.05) is 0 Å². The molecule has 0 unspecified atom stereocenters. The molecule has 22 heavy (non-hydrogen) atoms. The molecule has 110 valence electrons. The van der Waals surface area contributed by atoms with Gasteiger partial charge in [0.25, 0.3) is 0 Å². The third-order valence-corrected chi connectivity index (χ3v) is 4.53. The first-order valence-electron chi connectivity index (χ1n) is 7.21. The van der Waals surface area contributed by atoms with Crippen LogP contribution in [0.15, 0.2) is 42.9 Å². The first-order valence-corrected chi connectivity index (χ1v) is 7.96. The van der Waals surface area contributed by atoms with Gasteiger partial charge in [-0.3, -0.25) is 0 Å². The molecular formula is C17H13Cl2N3.